The van der Waals surface area contributed by atoms with E-state index in [4.69, 9.17) is 16.0 Å². The number of thiophene rings is 1. The number of anilines is 1. The molecule has 124 valence electrons. The molecule has 0 aliphatic carbocycles. The molecule has 0 saturated carbocycles. The summed E-state index contributed by atoms with van der Waals surface area (Å²) in [7, 11) is 0. The molecule has 3 aromatic rings. The molecule has 24 heavy (non-hydrogen) atoms. The second-order valence-corrected chi connectivity index (χ2v) is 7.30. The third-order valence-corrected chi connectivity index (χ3v) is 5.45. The summed E-state index contributed by atoms with van der Waals surface area (Å²) in [5, 5.41) is 5.86. The predicted octanol–water partition coefficient (Wildman–Crippen LogP) is 4.18. The van der Waals surface area contributed by atoms with Gasteiger partial charge in [-0.15, -0.1) is 11.3 Å². The first kappa shape index (κ1) is 15.5. The molecule has 0 bridgehead atoms. The summed E-state index contributed by atoms with van der Waals surface area (Å²) in [6, 6.07) is 7.95. The van der Waals surface area contributed by atoms with Crippen LogP contribution >= 0.6 is 22.9 Å². The Bertz CT molecular complexity index is 904. The summed E-state index contributed by atoms with van der Waals surface area (Å²) in [6.45, 7) is 3.36. The lowest BCUT2D eigenvalue weighted by Crippen LogP contribution is -2.31. The topological polar surface area (TPSA) is 58.4 Å². The number of oxazole rings is 1. The Morgan fingerprint density at radius 3 is 3.12 bits per heavy atom. The molecular weight excluding hydrogens is 346 g/mol. The number of carbonyl (C=O) groups is 1. The van der Waals surface area contributed by atoms with Crippen molar-refractivity contribution in [3.05, 3.63) is 45.1 Å². The minimum atomic E-state index is 0.108. The number of amides is 1. The Balaban J connectivity index is 1.44. The number of nitrogens with one attached hydrogen (secondary N) is 1. The molecule has 2 aromatic heterocycles. The van der Waals surface area contributed by atoms with E-state index in [2.05, 4.69) is 10.3 Å². The zero-order valence-electron chi connectivity index (χ0n) is 13.1. The quantitative estimate of drug-likeness (QED) is 0.760. The summed E-state index contributed by atoms with van der Waals surface area (Å²) in [5.74, 6) is 0.108. The van der Waals surface area contributed by atoms with Crippen molar-refractivity contribution < 1.29 is 9.21 Å². The van der Waals surface area contributed by atoms with Crippen molar-refractivity contribution in [2.75, 3.05) is 18.4 Å². The molecule has 7 heteroatoms. The number of fused-ring (bicyclic) bond motifs is 1. The lowest BCUT2D eigenvalue weighted by atomic mass is 10.2. The molecule has 5 nitrogen and oxygen atoms in total. The van der Waals surface area contributed by atoms with Gasteiger partial charge in [-0.3, -0.25) is 4.79 Å². The third-order valence-electron chi connectivity index (χ3n) is 4.21. The van der Waals surface area contributed by atoms with Gasteiger partial charge in [0.2, 0.25) is 0 Å². The number of benzene rings is 1. The van der Waals surface area contributed by atoms with Gasteiger partial charge in [-0.05, 0) is 42.5 Å². The van der Waals surface area contributed by atoms with Gasteiger partial charge in [-0.25, -0.2) is 0 Å². The molecule has 4 rings (SSSR count). The van der Waals surface area contributed by atoms with E-state index in [1.54, 1.807) is 12.1 Å². The molecule has 1 amide bonds. The number of hydrogen-bond acceptors (Lipinski definition) is 5. The largest absolute Gasteiger partial charge is 0.423 e. The standard InChI is InChI=1S/C17H16ClN3O2S/c1-10-5-7-24-15(10)16(22)21-6-4-12(9-21)19-17-20-13-3-2-11(18)8-14(13)23-17/h2-3,5,7-8,12H,4,6,9H2,1H3,(H,19,20). The van der Waals surface area contributed by atoms with Crippen LogP contribution in [0.5, 0.6) is 0 Å². The number of rotatable bonds is 3. The van der Waals surface area contributed by atoms with E-state index in [1.807, 2.05) is 29.3 Å². The highest BCUT2D eigenvalue weighted by Gasteiger charge is 2.29. The molecule has 1 aromatic carbocycles. The number of carbonyl (C=O) groups excluding carboxylic acids is 1. The van der Waals surface area contributed by atoms with Crippen LogP contribution in [0.2, 0.25) is 5.02 Å². The van der Waals surface area contributed by atoms with Gasteiger partial charge in [0.05, 0.1) is 4.88 Å². The zero-order chi connectivity index (χ0) is 16.7. The Morgan fingerprint density at radius 2 is 2.33 bits per heavy atom. The highest BCUT2D eigenvalue weighted by molar-refractivity contribution is 7.12. The van der Waals surface area contributed by atoms with E-state index in [0.29, 0.717) is 23.2 Å². The normalized spacial score (nSPS) is 17.6. The summed E-state index contributed by atoms with van der Waals surface area (Å²) >= 11 is 7.46. The number of halogens is 1. The molecule has 1 aliphatic rings. The van der Waals surface area contributed by atoms with E-state index >= 15 is 0 Å². The SMILES string of the molecule is Cc1ccsc1C(=O)N1CCC(Nc2nc3ccc(Cl)cc3o2)C1. The second kappa shape index (κ2) is 6.11. The average Bonchev–Trinajstić information content (AvgIpc) is 3.26. The minimum Gasteiger partial charge on any atom is -0.423 e. The Kier molecular flexibility index (Phi) is 3.94. The maximum absolute atomic E-state index is 12.6. The maximum atomic E-state index is 12.6. The Morgan fingerprint density at radius 1 is 1.46 bits per heavy atom. The van der Waals surface area contributed by atoms with Gasteiger partial charge in [0.25, 0.3) is 11.9 Å². The van der Waals surface area contributed by atoms with Crippen LogP contribution in [0.4, 0.5) is 6.01 Å². The molecule has 1 N–H and O–H groups in total. The molecule has 0 radical (unpaired) electrons. The summed E-state index contributed by atoms with van der Waals surface area (Å²) < 4.78 is 5.69. The minimum absolute atomic E-state index is 0.108. The smallest absolute Gasteiger partial charge is 0.295 e. The predicted molar refractivity (Wildman–Crippen MR) is 96.0 cm³/mol. The van der Waals surface area contributed by atoms with Crippen molar-refractivity contribution in [2.45, 2.75) is 19.4 Å². The molecular formula is C17H16ClN3O2S. The second-order valence-electron chi connectivity index (χ2n) is 5.94. The highest BCUT2D eigenvalue weighted by atomic mass is 35.5. The molecule has 1 aliphatic heterocycles. The van der Waals surface area contributed by atoms with E-state index in [0.717, 1.165) is 28.9 Å². The number of aryl methyl sites for hydroxylation is 1. The van der Waals surface area contributed by atoms with Gasteiger partial charge in [0.1, 0.15) is 5.52 Å². The fraction of sp³-hybridized carbons (Fsp3) is 0.294. The first-order valence-electron chi connectivity index (χ1n) is 7.76. The monoisotopic (exact) mass is 361 g/mol. The van der Waals surface area contributed by atoms with Crippen LogP contribution in [0.25, 0.3) is 11.1 Å². The summed E-state index contributed by atoms with van der Waals surface area (Å²) in [6.07, 6.45) is 0.871. The fourth-order valence-electron chi connectivity index (χ4n) is 2.93. The third kappa shape index (κ3) is 2.87. The lowest BCUT2D eigenvalue weighted by molar-refractivity contribution is 0.0795. The first-order valence-corrected chi connectivity index (χ1v) is 9.02. The lowest BCUT2D eigenvalue weighted by Gasteiger charge is -2.16. The molecule has 0 spiro atoms. The van der Waals surface area contributed by atoms with Crippen molar-refractivity contribution >= 4 is 46.0 Å². The number of hydrogen-bond donors (Lipinski definition) is 1. The number of nitrogens with zero attached hydrogens (tertiary/aromatic N) is 2. The first-order chi connectivity index (χ1) is 11.6. The van der Waals surface area contributed by atoms with Gasteiger partial charge in [-0.2, -0.15) is 4.98 Å². The van der Waals surface area contributed by atoms with Crippen molar-refractivity contribution in [1.82, 2.24) is 9.88 Å². The highest BCUT2D eigenvalue weighted by Crippen LogP contribution is 2.25. The molecule has 1 saturated heterocycles. The summed E-state index contributed by atoms with van der Waals surface area (Å²) in [5.41, 5.74) is 2.46. The maximum Gasteiger partial charge on any atom is 0.295 e. The van der Waals surface area contributed by atoms with Gasteiger partial charge in [-0.1, -0.05) is 11.6 Å². The van der Waals surface area contributed by atoms with Crippen LogP contribution in [-0.4, -0.2) is 34.9 Å². The molecule has 1 atom stereocenters. The molecule has 1 unspecified atom stereocenters. The number of likely N-dealkylation sites (tertiary alicyclic amines) is 1. The van der Waals surface area contributed by atoms with Crippen molar-refractivity contribution in [2.24, 2.45) is 0 Å². The number of aromatic nitrogens is 1. The van der Waals surface area contributed by atoms with Crippen LogP contribution in [0, 0.1) is 6.92 Å². The van der Waals surface area contributed by atoms with Gasteiger partial charge in [0.15, 0.2) is 5.58 Å². The van der Waals surface area contributed by atoms with Crippen molar-refractivity contribution in [3.63, 3.8) is 0 Å². The molecule has 3 heterocycles. The van der Waals surface area contributed by atoms with Gasteiger partial charge < -0.3 is 14.6 Å². The average molecular weight is 362 g/mol. The van der Waals surface area contributed by atoms with Crippen LogP contribution in [-0.2, 0) is 0 Å². The molecule has 1 fully saturated rings. The zero-order valence-corrected chi connectivity index (χ0v) is 14.7. The Hall–Kier alpha value is -2.05. The van der Waals surface area contributed by atoms with Gasteiger partial charge in [0, 0.05) is 30.2 Å². The van der Waals surface area contributed by atoms with E-state index in [-0.39, 0.29) is 11.9 Å². The summed E-state index contributed by atoms with van der Waals surface area (Å²) in [4.78, 5) is 19.7. The van der Waals surface area contributed by atoms with Crippen LogP contribution < -0.4 is 5.32 Å². The fourth-order valence-corrected chi connectivity index (χ4v) is 3.99. The Labute approximate surface area is 148 Å². The van der Waals surface area contributed by atoms with E-state index < -0.39 is 0 Å². The van der Waals surface area contributed by atoms with Gasteiger partial charge >= 0.3 is 0 Å². The van der Waals surface area contributed by atoms with Crippen LogP contribution in [0.15, 0.2) is 34.1 Å². The van der Waals surface area contributed by atoms with Crippen molar-refractivity contribution in [3.8, 4) is 0 Å². The van der Waals surface area contributed by atoms with Crippen LogP contribution in [0.3, 0.4) is 0 Å². The van der Waals surface area contributed by atoms with E-state index in [1.165, 1.54) is 11.3 Å². The van der Waals surface area contributed by atoms with E-state index in [9.17, 15) is 4.79 Å². The van der Waals surface area contributed by atoms with Crippen LogP contribution in [0.1, 0.15) is 21.7 Å². The van der Waals surface area contributed by atoms with Crippen molar-refractivity contribution in [1.29, 1.82) is 0 Å².